The number of rotatable bonds is 5. The zero-order valence-electron chi connectivity index (χ0n) is 15.0. The van der Waals surface area contributed by atoms with E-state index in [9.17, 15) is 9.59 Å². The molecule has 2 aliphatic rings. The van der Waals surface area contributed by atoms with Crippen molar-refractivity contribution in [2.24, 2.45) is 0 Å². The number of morpholine rings is 1. The minimum absolute atomic E-state index is 0.262. The molecule has 27 heavy (non-hydrogen) atoms. The van der Waals surface area contributed by atoms with Gasteiger partial charge >= 0.3 is 5.97 Å². The van der Waals surface area contributed by atoms with Gasteiger partial charge in [0, 0.05) is 6.54 Å². The minimum atomic E-state index is -1.06. The van der Waals surface area contributed by atoms with E-state index in [0.717, 1.165) is 11.1 Å². The fourth-order valence-corrected chi connectivity index (χ4v) is 3.70. The lowest BCUT2D eigenvalue weighted by atomic mass is 9.95. The molecule has 6 heteroatoms. The van der Waals surface area contributed by atoms with Gasteiger partial charge in [0.2, 0.25) is 6.29 Å². The third kappa shape index (κ3) is 3.46. The molecule has 2 aliphatic heterocycles. The van der Waals surface area contributed by atoms with E-state index in [1.807, 2.05) is 60.7 Å². The van der Waals surface area contributed by atoms with Crippen molar-refractivity contribution >= 4 is 11.9 Å². The molecule has 0 aliphatic carbocycles. The van der Waals surface area contributed by atoms with E-state index < -0.39 is 24.5 Å². The zero-order chi connectivity index (χ0) is 18.8. The predicted molar refractivity (Wildman–Crippen MR) is 96.5 cm³/mol. The molecule has 2 bridgehead atoms. The van der Waals surface area contributed by atoms with E-state index in [-0.39, 0.29) is 11.9 Å². The Morgan fingerprint density at radius 3 is 2.26 bits per heavy atom. The second kappa shape index (κ2) is 7.50. The Balaban J connectivity index is 1.66. The first-order chi connectivity index (χ1) is 13.2. The largest absolute Gasteiger partial charge is 0.467 e. The van der Waals surface area contributed by atoms with Gasteiger partial charge in [0.25, 0.3) is 5.91 Å². The molecule has 140 valence electrons. The van der Waals surface area contributed by atoms with Crippen LogP contribution in [0.25, 0.3) is 0 Å². The van der Waals surface area contributed by atoms with Crippen molar-refractivity contribution in [2.45, 2.75) is 37.5 Å². The van der Waals surface area contributed by atoms with Crippen molar-refractivity contribution in [2.75, 3.05) is 7.11 Å². The molecule has 0 saturated carbocycles. The summed E-state index contributed by atoms with van der Waals surface area (Å²) in [6, 6.07) is 19.3. The molecule has 2 saturated heterocycles. The SMILES string of the molecule is COC(=O)[C@H]1O[C@@H]2O[C@@H]1[C@H](Cc1ccccc1)N(Cc1ccccc1)C2=O. The van der Waals surface area contributed by atoms with Crippen molar-refractivity contribution in [1.29, 1.82) is 0 Å². The maximum atomic E-state index is 13.0. The molecule has 2 heterocycles. The monoisotopic (exact) mass is 367 g/mol. The fourth-order valence-electron chi connectivity index (χ4n) is 3.70. The number of fused-ring (bicyclic) bond motifs is 2. The van der Waals surface area contributed by atoms with Gasteiger partial charge in [-0.05, 0) is 17.5 Å². The van der Waals surface area contributed by atoms with Crippen LogP contribution in [0.15, 0.2) is 60.7 Å². The quantitative estimate of drug-likeness (QED) is 0.756. The summed E-state index contributed by atoms with van der Waals surface area (Å²) >= 11 is 0. The van der Waals surface area contributed by atoms with Crippen LogP contribution in [0.3, 0.4) is 0 Å². The van der Waals surface area contributed by atoms with E-state index in [1.54, 1.807) is 4.90 Å². The van der Waals surface area contributed by atoms with Gasteiger partial charge < -0.3 is 19.1 Å². The van der Waals surface area contributed by atoms with Crippen molar-refractivity contribution in [3.63, 3.8) is 0 Å². The number of hydrogen-bond acceptors (Lipinski definition) is 5. The van der Waals surface area contributed by atoms with Gasteiger partial charge in [-0.1, -0.05) is 60.7 Å². The Labute approximate surface area is 157 Å². The van der Waals surface area contributed by atoms with Crippen LogP contribution in [0.2, 0.25) is 0 Å². The number of amides is 1. The summed E-state index contributed by atoms with van der Waals surface area (Å²) in [7, 11) is 1.31. The first kappa shape index (κ1) is 17.7. The summed E-state index contributed by atoms with van der Waals surface area (Å²) in [5.74, 6) is -0.780. The van der Waals surface area contributed by atoms with Crippen LogP contribution in [-0.2, 0) is 36.8 Å². The second-order valence-corrected chi connectivity index (χ2v) is 6.72. The van der Waals surface area contributed by atoms with Crippen LogP contribution in [0.1, 0.15) is 11.1 Å². The van der Waals surface area contributed by atoms with Gasteiger partial charge in [-0.25, -0.2) is 4.79 Å². The molecule has 6 nitrogen and oxygen atoms in total. The molecule has 0 N–H and O–H groups in total. The minimum Gasteiger partial charge on any atom is -0.467 e. The third-order valence-corrected chi connectivity index (χ3v) is 5.03. The number of methoxy groups -OCH3 is 1. The van der Waals surface area contributed by atoms with Gasteiger partial charge in [0.05, 0.1) is 13.2 Å². The zero-order valence-corrected chi connectivity index (χ0v) is 15.0. The van der Waals surface area contributed by atoms with Crippen LogP contribution < -0.4 is 0 Å². The fraction of sp³-hybridized carbons (Fsp3) is 0.333. The van der Waals surface area contributed by atoms with Crippen molar-refractivity contribution < 1.29 is 23.8 Å². The lowest BCUT2D eigenvalue weighted by molar-refractivity contribution is -0.179. The van der Waals surface area contributed by atoms with E-state index in [0.29, 0.717) is 13.0 Å². The second-order valence-electron chi connectivity index (χ2n) is 6.72. The Morgan fingerprint density at radius 2 is 1.63 bits per heavy atom. The first-order valence-electron chi connectivity index (χ1n) is 8.94. The maximum Gasteiger partial charge on any atom is 0.337 e. The maximum absolute atomic E-state index is 13.0. The van der Waals surface area contributed by atoms with Gasteiger partial charge in [-0.15, -0.1) is 0 Å². The molecule has 2 aromatic rings. The van der Waals surface area contributed by atoms with Gasteiger partial charge in [-0.2, -0.15) is 0 Å². The number of carbonyl (C=O) groups is 2. The Kier molecular flexibility index (Phi) is 4.92. The summed E-state index contributed by atoms with van der Waals surface area (Å²) in [6.45, 7) is 0.435. The van der Waals surface area contributed by atoms with Crippen LogP contribution in [0, 0.1) is 0 Å². The molecular weight excluding hydrogens is 346 g/mol. The molecule has 4 atom stereocenters. The van der Waals surface area contributed by atoms with Gasteiger partial charge in [-0.3, -0.25) is 4.79 Å². The van der Waals surface area contributed by atoms with Crippen LogP contribution in [0.5, 0.6) is 0 Å². The third-order valence-electron chi connectivity index (χ3n) is 5.03. The molecule has 2 aromatic carbocycles. The van der Waals surface area contributed by atoms with Gasteiger partial charge in [0.1, 0.15) is 6.10 Å². The van der Waals surface area contributed by atoms with Crippen molar-refractivity contribution in [3.05, 3.63) is 71.8 Å². The number of esters is 1. The summed E-state index contributed by atoms with van der Waals surface area (Å²) in [5.41, 5.74) is 2.07. The lowest BCUT2D eigenvalue weighted by Crippen LogP contribution is -2.57. The van der Waals surface area contributed by atoms with E-state index >= 15 is 0 Å². The molecule has 0 aromatic heterocycles. The average Bonchev–Trinajstić information content (AvgIpc) is 3.12. The molecular formula is C21H21NO5. The highest BCUT2D eigenvalue weighted by Gasteiger charge is 2.55. The molecule has 0 radical (unpaired) electrons. The summed E-state index contributed by atoms with van der Waals surface area (Å²) in [5, 5.41) is 0. The molecule has 0 unspecified atom stereocenters. The van der Waals surface area contributed by atoms with Crippen LogP contribution in [-0.4, -0.2) is 48.4 Å². The first-order valence-corrected chi connectivity index (χ1v) is 8.94. The highest BCUT2D eigenvalue weighted by atomic mass is 16.8. The smallest absolute Gasteiger partial charge is 0.337 e. The summed E-state index contributed by atoms with van der Waals surface area (Å²) in [4.78, 5) is 26.9. The topological polar surface area (TPSA) is 65.1 Å². The Bertz CT molecular complexity index is 810. The molecule has 2 fully saturated rings. The summed E-state index contributed by atoms with van der Waals surface area (Å²) < 4.78 is 16.2. The number of ether oxygens (including phenoxy) is 3. The number of hydrogen-bond donors (Lipinski definition) is 0. The standard InChI is InChI=1S/C21H21NO5/c1-25-20(24)18-17-16(12-14-8-4-2-5-9-14)22(19(23)21(26-17)27-18)13-15-10-6-3-7-11-15/h2-11,16-18,21H,12-13H2,1H3/t16-,17+,18-,21-/m0/s1. The highest BCUT2D eigenvalue weighted by Crippen LogP contribution is 2.34. The van der Waals surface area contributed by atoms with Crippen LogP contribution in [0.4, 0.5) is 0 Å². The average molecular weight is 367 g/mol. The molecule has 0 spiro atoms. The number of nitrogens with zero attached hydrogens (tertiary/aromatic N) is 1. The van der Waals surface area contributed by atoms with E-state index in [1.165, 1.54) is 7.11 Å². The molecule has 1 amide bonds. The Morgan fingerprint density at radius 1 is 1.00 bits per heavy atom. The van der Waals surface area contributed by atoms with E-state index in [4.69, 9.17) is 14.2 Å². The van der Waals surface area contributed by atoms with Crippen molar-refractivity contribution in [3.8, 4) is 0 Å². The predicted octanol–water partition coefficient (Wildman–Crippen LogP) is 1.92. The highest BCUT2D eigenvalue weighted by molar-refractivity contribution is 5.84. The number of carbonyl (C=O) groups excluding carboxylic acids is 2. The lowest BCUT2D eigenvalue weighted by Gasteiger charge is -2.39. The molecule has 4 rings (SSSR count). The van der Waals surface area contributed by atoms with Gasteiger partial charge in [0.15, 0.2) is 6.10 Å². The normalized spacial score (nSPS) is 26.9. The summed E-state index contributed by atoms with van der Waals surface area (Å²) in [6.07, 6.45) is -1.97. The van der Waals surface area contributed by atoms with Crippen LogP contribution >= 0.6 is 0 Å². The van der Waals surface area contributed by atoms with Crippen molar-refractivity contribution in [1.82, 2.24) is 4.90 Å². The Hall–Kier alpha value is -2.70. The van der Waals surface area contributed by atoms with E-state index in [2.05, 4.69) is 0 Å². The number of benzene rings is 2.